The Bertz CT molecular complexity index is 848. The van der Waals surface area contributed by atoms with E-state index in [9.17, 15) is 24.6 Å². The molecule has 0 radical (unpaired) electrons. The fraction of sp³-hybridized carbons (Fsp3) is 0.353. The Morgan fingerprint density at radius 1 is 1.20 bits per heavy atom. The maximum absolute atomic E-state index is 12.1. The van der Waals surface area contributed by atoms with Gasteiger partial charge in [-0.15, -0.1) is 0 Å². The van der Waals surface area contributed by atoms with Gasteiger partial charge >= 0.3 is 0 Å². The number of hydrogen-bond donors (Lipinski definition) is 4. The number of nitrogens with one attached hydrogen (secondary N) is 2. The Morgan fingerprint density at radius 2 is 1.84 bits per heavy atom. The number of phenolic OH excluding ortho intramolecular Hbond substituents is 1. The van der Waals surface area contributed by atoms with E-state index in [1.807, 2.05) is 6.92 Å². The number of nitrogens with zero attached hydrogens (tertiary/aromatic N) is 1. The van der Waals surface area contributed by atoms with E-state index in [2.05, 4.69) is 10.6 Å². The third-order valence-corrected chi connectivity index (χ3v) is 3.90. The summed E-state index contributed by atoms with van der Waals surface area (Å²) in [5, 5.41) is 25.1. The molecule has 1 amide bonds. The van der Waals surface area contributed by atoms with Gasteiger partial charge in [-0.05, 0) is 18.6 Å². The molecule has 0 aliphatic rings. The molecule has 2 aromatic carbocycles. The van der Waals surface area contributed by atoms with Gasteiger partial charge in [0, 0.05) is 20.1 Å². The van der Waals surface area contributed by atoms with E-state index in [-0.39, 0.29) is 41.0 Å². The second-order valence-corrected chi connectivity index (χ2v) is 5.87. The van der Waals surface area contributed by atoms with Gasteiger partial charge in [0.2, 0.25) is 0 Å². The van der Waals surface area contributed by atoms with Gasteiger partial charge in [0.25, 0.3) is 16.8 Å². The van der Waals surface area contributed by atoms with Crippen LogP contribution in [0.1, 0.15) is 23.7 Å². The summed E-state index contributed by atoms with van der Waals surface area (Å²) in [5.74, 6) is -0.704. The lowest BCUT2D eigenvalue weighted by atomic mass is 10.1. The van der Waals surface area contributed by atoms with Gasteiger partial charge in [0.05, 0.1) is 17.9 Å². The van der Waals surface area contributed by atoms with Gasteiger partial charge in [0.15, 0.2) is 5.75 Å². The summed E-state index contributed by atoms with van der Waals surface area (Å²) >= 11 is 0. The van der Waals surface area contributed by atoms with Crippen LogP contribution in [0.2, 0.25) is 0 Å². The van der Waals surface area contributed by atoms with Crippen LogP contribution in [-0.4, -0.2) is 47.8 Å². The monoisotopic (exact) mass is 347 g/mol. The van der Waals surface area contributed by atoms with Crippen molar-refractivity contribution >= 4 is 23.0 Å². The average Bonchev–Trinajstić information content (AvgIpc) is 2.61. The number of carbonyl (C=O) groups is 1. The number of rotatable bonds is 7. The Hall–Kier alpha value is -2.87. The summed E-state index contributed by atoms with van der Waals surface area (Å²) in [4.78, 5) is 37.0. The van der Waals surface area contributed by atoms with Crippen molar-refractivity contribution in [3.8, 4) is 5.75 Å². The molecule has 4 N–H and O–H groups in total. The smallest absolute Gasteiger partial charge is 0.257 e. The first-order chi connectivity index (χ1) is 11.8. The lowest BCUT2D eigenvalue weighted by Gasteiger charge is -2.20. The van der Waals surface area contributed by atoms with Gasteiger partial charge in [-0.2, -0.15) is 0 Å². The zero-order valence-electron chi connectivity index (χ0n) is 14.3. The maximum Gasteiger partial charge on any atom is 0.257 e. The zero-order valence-corrected chi connectivity index (χ0v) is 14.3. The van der Waals surface area contributed by atoms with E-state index >= 15 is 0 Å². The van der Waals surface area contributed by atoms with Crippen LogP contribution in [0.25, 0.3) is 0 Å². The van der Waals surface area contributed by atoms with Crippen molar-refractivity contribution < 1.29 is 15.0 Å². The predicted octanol–water partition coefficient (Wildman–Crippen LogP) is 0.616. The van der Waals surface area contributed by atoms with Crippen molar-refractivity contribution in [1.82, 2.24) is 4.90 Å². The molecule has 2 aromatic rings. The average molecular weight is 347 g/mol. The van der Waals surface area contributed by atoms with Crippen molar-refractivity contribution in [2.45, 2.75) is 19.4 Å². The molecule has 2 rings (SSSR count). The number of para-hydroxylation sites is 1. The standard InChI is InChI=1S/C17H21N3O5/c1-4-9(8-21)18-12-13(16(24)15(12)23)19-11-7-5-6-10(14(11)22)17(25)20(2)3/h5-7,9,18-19,21-22H,4,8H2,1-3H3. The first kappa shape index (κ1) is 18.5. The summed E-state index contributed by atoms with van der Waals surface area (Å²) in [6.07, 6.45) is 0.562. The lowest BCUT2D eigenvalue weighted by molar-refractivity contribution is 0.0824. The number of aliphatic hydroxyl groups excluding tert-OH is 1. The molecular weight excluding hydrogens is 326 g/mol. The minimum Gasteiger partial charge on any atom is -0.505 e. The minimum absolute atomic E-state index is 0.00153. The van der Waals surface area contributed by atoms with Crippen LogP contribution in [-0.2, 0) is 0 Å². The number of hydrogen-bond acceptors (Lipinski definition) is 7. The third-order valence-electron chi connectivity index (χ3n) is 3.90. The van der Waals surface area contributed by atoms with Gasteiger partial charge in [-0.25, -0.2) is 0 Å². The van der Waals surface area contributed by atoms with Gasteiger partial charge < -0.3 is 25.7 Å². The van der Waals surface area contributed by atoms with E-state index in [4.69, 9.17) is 0 Å². The molecule has 0 fully saturated rings. The van der Waals surface area contributed by atoms with E-state index in [1.165, 1.54) is 17.0 Å². The van der Waals surface area contributed by atoms with Crippen LogP contribution in [0.15, 0.2) is 27.8 Å². The molecule has 8 nitrogen and oxygen atoms in total. The lowest BCUT2D eigenvalue weighted by Crippen LogP contribution is -2.39. The molecule has 0 saturated heterocycles. The topological polar surface area (TPSA) is 119 Å². The van der Waals surface area contributed by atoms with E-state index < -0.39 is 16.8 Å². The third kappa shape index (κ3) is 3.48. The number of aromatic hydroxyl groups is 1. The number of benzene rings is 1. The first-order valence-electron chi connectivity index (χ1n) is 7.83. The number of anilines is 3. The number of carbonyl (C=O) groups excluding carboxylic acids is 1. The van der Waals surface area contributed by atoms with Gasteiger partial charge in [-0.3, -0.25) is 14.4 Å². The maximum atomic E-state index is 12.1. The Morgan fingerprint density at radius 3 is 2.40 bits per heavy atom. The molecular formula is C17H21N3O5. The predicted molar refractivity (Wildman–Crippen MR) is 95.5 cm³/mol. The summed E-state index contributed by atoms with van der Waals surface area (Å²) < 4.78 is 0. The minimum atomic E-state index is -0.723. The Labute approximate surface area is 144 Å². The molecule has 0 saturated carbocycles. The highest BCUT2D eigenvalue weighted by Gasteiger charge is 2.24. The largest absolute Gasteiger partial charge is 0.505 e. The Balaban J connectivity index is 2.34. The van der Waals surface area contributed by atoms with Gasteiger partial charge in [0.1, 0.15) is 11.4 Å². The van der Waals surface area contributed by atoms with Crippen molar-refractivity contribution in [2.75, 3.05) is 31.3 Å². The SMILES string of the molecule is CCC(CO)Nc1c(Nc2cccc(C(=O)N(C)C)c2O)c(=O)c1=O. The molecule has 25 heavy (non-hydrogen) atoms. The van der Waals surface area contributed by atoms with Gasteiger partial charge in [-0.1, -0.05) is 13.0 Å². The fourth-order valence-electron chi connectivity index (χ4n) is 2.32. The molecule has 8 heteroatoms. The van der Waals surface area contributed by atoms with Crippen molar-refractivity contribution in [3.63, 3.8) is 0 Å². The quantitative estimate of drug-likeness (QED) is 0.428. The summed E-state index contributed by atoms with van der Waals surface area (Å²) in [5.41, 5.74) is -1.13. The molecule has 1 atom stereocenters. The number of aliphatic hydroxyl groups is 1. The molecule has 0 bridgehead atoms. The van der Waals surface area contributed by atoms with E-state index in [0.29, 0.717) is 6.42 Å². The first-order valence-corrected chi connectivity index (χ1v) is 7.83. The van der Waals surface area contributed by atoms with E-state index in [0.717, 1.165) is 0 Å². The van der Waals surface area contributed by atoms with Crippen LogP contribution < -0.4 is 21.5 Å². The van der Waals surface area contributed by atoms with Crippen molar-refractivity contribution in [2.24, 2.45) is 0 Å². The molecule has 0 heterocycles. The van der Waals surface area contributed by atoms with Crippen molar-refractivity contribution in [1.29, 1.82) is 0 Å². The van der Waals surface area contributed by atoms with Crippen LogP contribution in [0.4, 0.5) is 17.1 Å². The van der Waals surface area contributed by atoms with E-state index in [1.54, 1.807) is 20.2 Å². The molecule has 0 aliphatic heterocycles. The summed E-state index contributed by atoms with van der Waals surface area (Å²) in [6, 6.07) is 4.15. The number of phenols is 1. The van der Waals surface area contributed by atoms with Crippen LogP contribution >= 0.6 is 0 Å². The molecule has 0 aliphatic carbocycles. The molecule has 134 valence electrons. The van der Waals surface area contributed by atoms with Crippen molar-refractivity contribution in [3.05, 3.63) is 44.2 Å². The fourth-order valence-corrected chi connectivity index (χ4v) is 2.32. The highest BCUT2D eigenvalue weighted by Crippen LogP contribution is 2.32. The Kier molecular flexibility index (Phi) is 5.43. The second kappa shape index (κ2) is 7.35. The van der Waals surface area contributed by atoms with Crippen LogP contribution in [0.3, 0.4) is 0 Å². The van der Waals surface area contributed by atoms with Crippen LogP contribution in [0.5, 0.6) is 5.75 Å². The number of amides is 1. The molecule has 0 aromatic heterocycles. The second-order valence-electron chi connectivity index (χ2n) is 5.87. The van der Waals surface area contributed by atoms with Crippen LogP contribution in [0, 0.1) is 0 Å². The summed E-state index contributed by atoms with van der Waals surface area (Å²) in [7, 11) is 3.11. The molecule has 0 spiro atoms. The summed E-state index contributed by atoms with van der Waals surface area (Å²) in [6.45, 7) is 1.64. The molecule has 1 unspecified atom stereocenters. The highest BCUT2D eigenvalue weighted by atomic mass is 16.3. The zero-order chi connectivity index (χ0) is 18.7. The normalized spacial score (nSPS) is 12.0. The highest BCUT2D eigenvalue weighted by molar-refractivity contribution is 5.99.